The summed E-state index contributed by atoms with van der Waals surface area (Å²) in [4.78, 5) is 10.3. The van der Waals surface area contributed by atoms with Gasteiger partial charge in [0, 0.05) is 0 Å². The molecule has 0 aromatic heterocycles. The second-order valence-corrected chi connectivity index (χ2v) is 2.34. The van der Waals surface area contributed by atoms with Crippen LogP contribution in [0.15, 0.2) is 0 Å². The highest BCUT2D eigenvalue weighted by Gasteiger charge is 2.18. The monoisotopic (exact) mass is 130 g/mol. The highest BCUT2D eigenvalue weighted by Crippen LogP contribution is 2.05. The number of carboxylic acids is 1. The first kappa shape index (κ1) is 6.55. The van der Waals surface area contributed by atoms with E-state index in [0.29, 0.717) is 0 Å². The Kier molecular flexibility index (Phi) is 2.05. The molecule has 0 amide bonds. The fraction of sp³-hybridized carbons (Fsp3) is 0.833. The molecule has 1 rings (SSSR count). The fourth-order valence-electron chi connectivity index (χ4n) is 1.06. The summed E-state index contributed by atoms with van der Waals surface area (Å²) in [7, 11) is 0. The van der Waals surface area contributed by atoms with E-state index in [1.165, 1.54) is 0 Å². The number of carbonyl (C=O) groups is 1. The lowest BCUT2D eigenvalue weighted by Gasteiger charge is -2.18. The molecule has 0 aromatic carbocycles. The number of piperidine rings is 1. The topological polar surface area (TPSA) is 49.3 Å². The van der Waals surface area contributed by atoms with Crippen molar-refractivity contribution < 1.29 is 9.90 Å². The molecule has 1 saturated heterocycles. The third-order valence-corrected chi connectivity index (χ3v) is 1.61. The second kappa shape index (κ2) is 2.82. The minimum absolute atomic E-state index is 0.279. The predicted octanol–water partition coefficient (Wildman–Crippen LogP) is 0.213. The van der Waals surface area contributed by atoms with E-state index in [4.69, 9.17) is 5.11 Å². The fourth-order valence-corrected chi connectivity index (χ4v) is 1.06. The molecule has 9 heavy (non-hydrogen) atoms. The van der Waals surface area contributed by atoms with Crippen LogP contribution in [0.3, 0.4) is 0 Å². The van der Waals surface area contributed by atoms with Crippen LogP contribution in [0.2, 0.25) is 0 Å². The first-order chi connectivity index (χ1) is 4.30. The van der Waals surface area contributed by atoms with E-state index >= 15 is 0 Å². The number of nitrogens with one attached hydrogen (secondary N) is 1. The molecule has 52 valence electrons. The van der Waals surface area contributed by atoms with Crippen molar-refractivity contribution >= 4 is 5.97 Å². The summed E-state index contributed by atoms with van der Waals surface area (Å²) in [5.41, 5.74) is 0. The molecular weight excluding hydrogens is 119 g/mol. The Labute approximate surface area is 54.1 Å². The highest BCUT2D eigenvalue weighted by atomic mass is 16.5. The summed E-state index contributed by atoms with van der Waals surface area (Å²) in [6.45, 7) is 0.858. The van der Waals surface area contributed by atoms with Gasteiger partial charge < -0.3 is 10.4 Å². The molecule has 1 aliphatic rings. The molecule has 2 N–H and O–H groups in total. The molecule has 0 aliphatic carbocycles. The van der Waals surface area contributed by atoms with Gasteiger partial charge in [0.15, 0.2) is 0 Å². The van der Waals surface area contributed by atoms with E-state index in [1.807, 2.05) is 0 Å². The third-order valence-electron chi connectivity index (χ3n) is 1.61. The van der Waals surface area contributed by atoms with Gasteiger partial charge in [-0.15, -0.1) is 0 Å². The molecule has 0 unspecified atom stereocenters. The van der Waals surface area contributed by atoms with Crippen molar-refractivity contribution in [2.24, 2.45) is 0 Å². The van der Waals surface area contributed by atoms with Gasteiger partial charge in [0.2, 0.25) is 0 Å². The molecular formula is C6H11NO2. The minimum Gasteiger partial charge on any atom is -0.480 e. The lowest BCUT2D eigenvalue weighted by molar-refractivity contribution is -0.140. The Morgan fingerprint density at radius 2 is 2.33 bits per heavy atom. The van der Waals surface area contributed by atoms with E-state index < -0.39 is 5.97 Å². The molecule has 0 saturated carbocycles. The lowest BCUT2D eigenvalue weighted by Crippen LogP contribution is -2.40. The Balaban J connectivity index is 2.31. The van der Waals surface area contributed by atoms with Crippen LogP contribution >= 0.6 is 0 Å². The minimum atomic E-state index is -0.713. The molecule has 3 nitrogen and oxygen atoms in total. The van der Waals surface area contributed by atoms with Crippen LogP contribution in [-0.4, -0.2) is 23.7 Å². The Morgan fingerprint density at radius 1 is 1.56 bits per heavy atom. The molecule has 1 aliphatic heterocycles. The maximum atomic E-state index is 10.3. The quantitative estimate of drug-likeness (QED) is 0.499. The zero-order chi connectivity index (χ0) is 6.69. The SMILES string of the molecule is O=[13C](O)[C@@H]1CCCCN1. The largest absolute Gasteiger partial charge is 0.480 e. The second-order valence-electron chi connectivity index (χ2n) is 2.34. The standard InChI is InChI=1S/C6H11NO2/c8-6(9)5-3-1-2-4-7-5/h5,7H,1-4H2,(H,8,9)/t5-/m0/s1/i6+1. The first-order valence-electron chi connectivity index (χ1n) is 3.27. The van der Waals surface area contributed by atoms with E-state index in [1.54, 1.807) is 0 Å². The van der Waals surface area contributed by atoms with Gasteiger partial charge in [0.05, 0.1) is 0 Å². The van der Waals surface area contributed by atoms with Crippen molar-refractivity contribution in [1.29, 1.82) is 0 Å². The van der Waals surface area contributed by atoms with Crippen molar-refractivity contribution in [3.63, 3.8) is 0 Å². The first-order valence-corrected chi connectivity index (χ1v) is 3.27. The Hall–Kier alpha value is -0.570. The number of hydrogen-bond donors (Lipinski definition) is 2. The van der Waals surface area contributed by atoms with Gasteiger partial charge in [-0.2, -0.15) is 0 Å². The van der Waals surface area contributed by atoms with Gasteiger partial charge in [-0.25, -0.2) is 0 Å². The van der Waals surface area contributed by atoms with Crippen LogP contribution in [0, 0.1) is 0 Å². The van der Waals surface area contributed by atoms with Gasteiger partial charge >= 0.3 is 5.97 Å². The number of hydrogen-bond acceptors (Lipinski definition) is 2. The van der Waals surface area contributed by atoms with Gasteiger partial charge in [-0.05, 0) is 19.4 Å². The molecule has 0 spiro atoms. The van der Waals surface area contributed by atoms with Gasteiger partial charge in [-0.1, -0.05) is 6.42 Å². The van der Waals surface area contributed by atoms with Crippen molar-refractivity contribution in [2.75, 3.05) is 6.54 Å². The third kappa shape index (κ3) is 1.68. The van der Waals surface area contributed by atoms with Gasteiger partial charge in [-0.3, -0.25) is 4.79 Å². The average Bonchev–Trinajstić information content (AvgIpc) is 1.90. The Morgan fingerprint density at radius 3 is 2.67 bits per heavy atom. The molecule has 1 atom stereocenters. The number of aliphatic carboxylic acids is 1. The van der Waals surface area contributed by atoms with Crippen LogP contribution in [0.5, 0.6) is 0 Å². The van der Waals surface area contributed by atoms with Crippen molar-refractivity contribution in [2.45, 2.75) is 25.3 Å². The van der Waals surface area contributed by atoms with E-state index in [-0.39, 0.29) is 6.04 Å². The summed E-state index contributed by atoms with van der Waals surface area (Å²) >= 11 is 0. The maximum absolute atomic E-state index is 10.3. The van der Waals surface area contributed by atoms with E-state index in [0.717, 1.165) is 25.8 Å². The number of rotatable bonds is 1. The summed E-state index contributed by atoms with van der Waals surface area (Å²) in [6, 6.07) is -0.279. The molecule has 0 bridgehead atoms. The van der Waals surface area contributed by atoms with Crippen molar-refractivity contribution in [3.05, 3.63) is 0 Å². The normalized spacial score (nSPS) is 27.8. The molecule has 1 fully saturated rings. The zero-order valence-electron chi connectivity index (χ0n) is 5.26. The maximum Gasteiger partial charge on any atom is 0.320 e. The van der Waals surface area contributed by atoms with Crippen LogP contribution in [0.4, 0.5) is 0 Å². The number of carboxylic acid groups (broad SMARTS) is 1. The van der Waals surface area contributed by atoms with Crippen LogP contribution in [-0.2, 0) is 4.79 Å². The predicted molar refractivity (Wildman–Crippen MR) is 33.3 cm³/mol. The molecule has 1 heterocycles. The summed E-state index contributed by atoms with van der Waals surface area (Å²) in [5.74, 6) is -0.713. The van der Waals surface area contributed by atoms with E-state index in [2.05, 4.69) is 5.32 Å². The van der Waals surface area contributed by atoms with Crippen LogP contribution < -0.4 is 5.32 Å². The van der Waals surface area contributed by atoms with Crippen LogP contribution in [0.1, 0.15) is 19.3 Å². The van der Waals surface area contributed by atoms with Crippen molar-refractivity contribution in [1.82, 2.24) is 5.32 Å². The van der Waals surface area contributed by atoms with E-state index in [9.17, 15) is 4.79 Å². The molecule has 0 aromatic rings. The summed E-state index contributed by atoms with van der Waals surface area (Å²) in [5, 5.41) is 11.4. The van der Waals surface area contributed by atoms with Gasteiger partial charge in [0.1, 0.15) is 6.04 Å². The highest BCUT2D eigenvalue weighted by molar-refractivity contribution is 5.73. The van der Waals surface area contributed by atoms with Gasteiger partial charge in [0.25, 0.3) is 0 Å². The smallest absolute Gasteiger partial charge is 0.320 e. The Bertz CT molecular complexity index is 108. The summed E-state index contributed by atoms with van der Waals surface area (Å²) < 4.78 is 0. The zero-order valence-corrected chi connectivity index (χ0v) is 5.26. The van der Waals surface area contributed by atoms with Crippen molar-refractivity contribution in [3.8, 4) is 0 Å². The average molecular weight is 130 g/mol. The van der Waals surface area contributed by atoms with Crippen LogP contribution in [0.25, 0.3) is 0 Å². The lowest BCUT2D eigenvalue weighted by atomic mass is 10.1. The molecule has 3 heteroatoms. The molecule has 0 radical (unpaired) electrons. The summed E-state index contributed by atoms with van der Waals surface area (Å²) in [6.07, 6.45) is 2.95.